The summed E-state index contributed by atoms with van der Waals surface area (Å²) in [7, 11) is 0. The van der Waals surface area contributed by atoms with Crippen LogP contribution in [0.4, 0.5) is 0 Å². The molecule has 2 aliphatic carbocycles. The molecule has 1 amide bonds. The largest absolute Gasteiger partial charge is 0.396 e. The molecule has 3 rings (SSSR count). The van der Waals surface area contributed by atoms with Gasteiger partial charge in [-0.15, -0.1) is 0 Å². The van der Waals surface area contributed by atoms with E-state index in [1.165, 1.54) is 44.9 Å². The third kappa shape index (κ3) is 8.49. The van der Waals surface area contributed by atoms with Crippen LogP contribution in [0.3, 0.4) is 0 Å². The molecule has 0 radical (unpaired) electrons. The standard InChI is InChI=1S/C13H23NO2.C6H6.C2H6/c15-9-8-13(16)14(10-11-6-7-11)12-4-2-1-3-5-12;1-2-4-6-5-3-1;1-2/h11-12,15H,1-10H2;1-6H;1-2H3. The smallest absolute Gasteiger partial charge is 0.225 e. The highest BCUT2D eigenvalue weighted by atomic mass is 16.3. The van der Waals surface area contributed by atoms with Gasteiger partial charge in [-0.1, -0.05) is 69.5 Å². The molecule has 0 bridgehead atoms. The molecule has 3 heteroatoms. The monoisotopic (exact) mass is 333 g/mol. The van der Waals surface area contributed by atoms with E-state index in [9.17, 15) is 4.79 Å². The van der Waals surface area contributed by atoms with Crippen molar-refractivity contribution in [3.05, 3.63) is 36.4 Å². The molecule has 0 atom stereocenters. The Balaban J connectivity index is 0.000000300. The van der Waals surface area contributed by atoms with Crippen molar-refractivity contribution >= 4 is 5.91 Å². The van der Waals surface area contributed by atoms with Crippen LogP contribution < -0.4 is 0 Å². The fraction of sp³-hybridized carbons (Fsp3) is 0.667. The highest BCUT2D eigenvalue weighted by Crippen LogP contribution is 2.32. The summed E-state index contributed by atoms with van der Waals surface area (Å²) < 4.78 is 0. The van der Waals surface area contributed by atoms with Gasteiger partial charge < -0.3 is 10.0 Å². The maximum atomic E-state index is 12.0. The molecule has 1 aromatic rings. The number of carbonyl (C=O) groups is 1. The van der Waals surface area contributed by atoms with Crippen LogP contribution in [0.5, 0.6) is 0 Å². The van der Waals surface area contributed by atoms with Crippen molar-refractivity contribution in [2.45, 2.75) is 71.3 Å². The molecule has 136 valence electrons. The average molecular weight is 334 g/mol. The summed E-state index contributed by atoms with van der Waals surface area (Å²) in [5.74, 6) is 0.922. The molecule has 0 unspecified atom stereocenters. The number of aliphatic hydroxyl groups is 1. The lowest BCUT2D eigenvalue weighted by molar-refractivity contribution is -0.135. The summed E-state index contributed by atoms with van der Waals surface area (Å²) in [4.78, 5) is 14.0. The average Bonchev–Trinajstić information content (AvgIpc) is 3.48. The lowest BCUT2D eigenvalue weighted by Gasteiger charge is -2.34. The number of rotatable bonds is 5. The van der Waals surface area contributed by atoms with Gasteiger partial charge in [0.15, 0.2) is 0 Å². The Morgan fingerprint density at radius 2 is 1.42 bits per heavy atom. The van der Waals surface area contributed by atoms with Crippen molar-refractivity contribution < 1.29 is 9.90 Å². The zero-order chi connectivity index (χ0) is 17.6. The van der Waals surface area contributed by atoms with Gasteiger partial charge in [0.1, 0.15) is 0 Å². The topological polar surface area (TPSA) is 40.5 Å². The first-order valence-corrected chi connectivity index (χ1v) is 9.71. The van der Waals surface area contributed by atoms with E-state index in [1.807, 2.05) is 50.2 Å². The summed E-state index contributed by atoms with van der Waals surface area (Å²) in [5.41, 5.74) is 0. The van der Waals surface area contributed by atoms with Crippen molar-refractivity contribution in [2.24, 2.45) is 5.92 Å². The second kappa shape index (κ2) is 13.0. The lowest BCUT2D eigenvalue weighted by Crippen LogP contribution is -2.43. The van der Waals surface area contributed by atoms with Gasteiger partial charge in [-0.2, -0.15) is 0 Å². The highest BCUT2D eigenvalue weighted by Gasteiger charge is 2.31. The number of hydrogen-bond acceptors (Lipinski definition) is 2. The maximum Gasteiger partial charge on any atom is 0.225 e. The minimum Gasteiger partial charge on any atom is -0.396 e. The van der Waals surface area contributed by atoms with Gasteiger partial charge in [-0.25, -0.2) is 0 Å². The number of amides is 1. The van der Waals surface area contributed by atoms with E-state index in [1.54, 1.807) is 0 Å². The number of aliphatic hydroxyl groups excluding tert-OH is 1. The SMILES string of the molecule is CC.O=C(CCO)N(CC1CC1)C1CCCCC1.c1ccccc1. The van der Waals surface area contributed by atoms with Crippen molar-refractivity contribution in [1.29, 1.82) is 0 Å². The second-order valence-electron chi connectivity index (χ2n) is 6.41. The van der Waals surface area contributed by atoms with Gasteiger partial charge >= 0.3 is 0 Å². The Morgan fingerprint density at radius 3 is 1.83 bits per heavy atom. The van der Waals surface area contributed by atoms with E-state index in [0.29, 0.717) is 12.5 Å². The zero-order valence-electron chi connectivity index (χ0n) is 15.5. The fourth-order valence-electron chi connectivity index (χ4n) is 3.05. The van der Waals surface area contributed by atoms with Gasteiger partial charge in [0, 0.05) is 19.0 Å². The minimum absolute atomic E-state index is 0.00722. The van der Waals surface area contributed by atoms with Crippen LogP contribution in [0.1, 0.15) is 65.2 Å². The first-order chi connectivity index (χ1) is 11.8. The maximum absolute atomic E-state index is 12.0. The summed E-state index contributed by atoms with van der Waals surface area (Å²) in [5, 5.41) is 8.89. The number of benzene rings is 1. The molecule has 0 heterocycles. The van der Waals surface area contributed by atoms with Gasteiger partial charge in [0.25, 0.3) is 0 Å². The quantitative estimate of drug-likeness (QED) is 0.852. The molecular weight excluding hydrogens is 298 g/mol. The van der Waals surface area contributed by atoms with E-state index in [0.717, 1.165) is 12.5 Å². The Hall–Kier alpha value is -1.35. The van der Waals surface area contributed by atoms with Crippen LogP contribution in [0.25, 0.3) is 0 Å². The summed E-state index contributed by atoms with van der Waals surface area (Å²) in [6.45, 7) is 4.94. The molecule has 2 aliphatic rings. The van der Waals surface area contributed by atoms with Crippen molar-refractivity contribution in [1.82, 2.24) is 4.90 Å². The second-order valence-corrected chi connectivity index (χ2v) is 6.41. The van der Waals surface area contributed by atoms with Crippen molar-refractivity contribution in [2.75, 3.05) is 13.2 Å². The van der Waals surface area contributed by atoms with E-state index in [2.05, 4.69) is 4.90 Å². The molecule has 0 spiro atoms. The van der Waals surface area contributed by atoms with E-state index < -0.39 is 0 Å². The van der Waals surface area contributed by atoms with Crippen molar-refractivity contribution in [3.63, 3.8) is 0 Å². The molecule has 2 saturated carbocycles. The van der Waals surface area contributed by atoms with Crippen molar-refractivity contribution in [3.8, 4) is 0 Å². The lowest BCUT2D eigenvalue weighted by atomic mass is 9.93. The van der Waals surface area contributed by atoms with Gasteiger partial charge in [-0.05, 0) is 31.6 Å². The molecule has 1 aromatic carbocycles. The molecular formula is C21H35NO2. The highest BCUT2D eigenvalue weighted by molar-refractivity contribution is 5.76. The van der Waals surface area contributed by atoms with E-state index in [-0.39, 0.29) is 12.5 Å². The third-order valence-corrected chi connectivity index (χ3v) is 4.48. The molecule has 2 fully saturated rings. The summed E-state index contributed by atoms with van der Waals surface area (Å²) in [6, 6.07) is 12.5. The van der Waals surface area contributed by atoms with Gasteiger partial charge in [-0.3, -0.25) is 4.79 Å². The molecule has 24 heavy (non-hydrogen) atoms. The normalized spacial score (nSPS) is 17.0. The predicted octanol–water partition coefficient (Wildman–Crippen LogP) is 4.65. The summed E-state index contributed by atoms with van der Waals surface area (Å²) >= 11 is 0. The van der Waals surface area contributed by atoms with Crippen LogP contribution in [-0.4, -0.2) is 35.1 Å². The minimum atomic E-state index is -0.00722. The Kier molecular flexibility index (Phi) is 11.2. The van der Waals surface area contributed by atoms with Crippen LogP contribution in [0.15, 0.2) is 36.4 Å². The van der Waals surface area contributed by atoms with Gasteiger partial charge in [0.05, 0.1) is 6.61 Å². The zero-order valence-corrected chi connectivity index (χ0v) is 15.5. The number of carbonyl (C=O) groups excluding carboxylic acids is 1. The van der Waals surface area contributed by atoms with Gasteiger partial charge in [0.2, 0.25) is 5.91 Å². The first kappa shape index (κ1) is 20.7. The van der Waals surface area contributed by atoms with E-state index >= 15 is 0 Å². The summed E-state index contributed by atoms with van der Waals surface area (Å²) in [6.07, 6.45) is 9.07. The molecule has 0 aromatic heterocycles. The van der Waals surface area contributed by atoms with E-state index in [4.69, 9.17) is 5.11 Å². The molecule has 0 saturated heterocycles. The predicted molar refractivity (Wildman–Crippen MR) is 101 cm³/mol. The number of nitrogens with zero attached hydrogens (tertiary/aromatic N) is 1. The Labute approximate surface area is 148 Å². The van der Waals surface area contributed by atoms with Crippen LogP contribution >= 0.6 is 0 Å². The molecule has 3 nitrogen and oxygen atoms in total. The molecule has 1 N–H and O–H groups in total. The fourth-order valence-corrected chi connectivity index (χ4v) is 3.05. The Morgan fingerprint density at radius 1 is 0.917 bits per heavy atom. The van der Waals surface area contributed by atoms with Crippen LogP contribution in [0, 0.1) is 5.92 Å². The van der Waals surface area contributed by atoms with Crippen LogP contribution in [0.2, 0.25) is 0 Å². The Bertz CT molecular complexity index is 384. The third-order valence-electron chi connectivity index (χ3n) is 4.48. The first-order valence-electron chi connectivity index (χ1n) is 9.71. The molecule has 0 aliphatic heterocycles. The van der Waals surface area contributed by atoms with Crippen LogP contribution in [-0.2, 0) is 4.79 Å². The number of hydrogen-bond donors (Lipinski definition) is 1.